The summed E-state index contributed by atoms with van der Waals surface area (Å²) in [6.07, 6.45) is 6.79. The highest BCUT2D eigenvalue weighted by Crippen LogP contribution is 2.21. The van der Waals surface area contributed by atoms with Gasteiger partial charge in [0.1, 0.15) is 0 Å². The minimum atomic E-state index is -1.11. The molecule has 0 heterocycles. The molecule has 0 spiro atoms. The van der Waals surface area contributed by atoms with E-state index >= 15 is 0 Å². The number of halogens is 2. The minimum Gasteiger partial charge on any atom is -0.204 e. The molecule has 2 heteroatoms. The molecule has 0 rings (SSSR count). The third kappa shape index (κ3) is 8.23. The summed E-state index contributed by atoms with van der Waals surface area (Å²) in [5.41, 5.74) is 1.82. The van der Waals surface area contributed by atoms with E-state index in [1.165, 1.54) is 0 Å². The standard InChI is InChI=1S/C19H26F2/c1-13(2)8-9-14(3)15(4)10-11-16(5)17(6)12-19(21)18(7)20/h10-14H,4-9H2,1-3H3/b11-10-,19-12+. The van der Waals surface area contributed by atoms with E-state index < -0.39 is 11.7 Å². The molecule has 116 valence electrons. The van der Waals surface area contributed by atoms with Gasteiger partial charge in [-0.3, -0.25) is 0 Å². The lowest BCUT2D eigenvalue weighted by Gasteiger charge is -2.13. The van der Waals surface area contributed by atoms with Crippen molar-refractivity contribution in [2.75, 3.05) is 0 Å². The van der Waals surface area contributed by atoms with Crippen molar-refractivity contribution in [1.29, 1.82) is 0 Å². The second-order valence-corrected chi connectivity index (χ2v) is 5.73. The van der Waals surface area contributed by atoms with Crippen LogP contribution in [0.4, 0.5) is 8.78 Å². The van der Waals surface area contributed by atoms with Gasteiger partial charge >= 0.3 is 0 Å². The van der Waals surface area contributed by atoms with Crippen molar-refractivity contribution in [1.82, 2.24) is 0 Å². The van der Waals surface area contributed by atoms with Gasteiger partial charge in [-0.05, 0) is 35.5 Å². The van der Waals surface area contributed by atoms with Crippen molar-refractivity contribution < 1.29 is 8.78 Å². The van der Waals surface area contributed by atoms with E-state index in [9.17, 15) is 8.78 Å². The van der Waals surface area contributed by atoms with Crippen LogP contribution in [0, 0.1) is 11.8 Å². The van der Waals surface area contributed by atoms with E-state index in [0.29, 0.717) is 23.0 Å². The third-order valence-corrected chi connectivity index (χ3v) is 3.28. The summed E-state index contributed by atoms with van der Waals surface area (Å²) in [6, 6.07) is 0. The van der Waals surface area contributed by atoms with E-state index in [1.807, 2.05) is 6.08 Å². The van der Waals surface area contributed by atoms with Crippen molar-refractivity contribution in [2.24, 2.45) is 11.8 Å². The molecule has 0 aliphatic rings. The molecule has 0 saturated carbocycles. The van der Waals surface area contributed by atoms with Gasteiger partial charge in [0.2, 0.25) is 0 Å². The maximum Gasteiger partial charge on any atom is 0.158 e. The molecular formula is C19H26F2. The molecule has 0 amide bonds. The van der Waals surface area contributed by atoms with Crippen LogP contribution in [0.3, 0.4) is 0 Å². The molecule has 1 unspecified atom stereocenters. The van der Waals surface area contributed by atoms with Crippen LogP contribution in [0.5, 0.6) is 0 Å². The van der Waals surface area contributed by atoms with Gasteiger partial charge in [-0.15, -0.1) is 0 Å². The van der Waals surface area contributed by atoms with Crippen LogP contribution in [0.2, 0.25) is 0 Å². The molecule has 0 aliphatic carbocycles. The summed E-state index contributed by atoms with van der Waals surface area (Å²) < 4.78 is 25.6. The van der Waals surface area contributed by atoms with Crippen LogP contribution < -0.4 is 0 Å². The average molecular weight is 292 g/mol. The fourth-order valence-electron chi connectivity index (χ4n) is 1.57. The first-order valence-electron chi connectivity index (χ1n) is 7.12. The van der Waals surface area contributed by atoms with Crippen molar-refractivity contribution in [2.45, 2.75) is 33.6 Å². The summed E-state index contributed by atoms with van der Waals surface area (Å²) in [6.45, 7) is 20.9. The van der Waals surface area contributed by atoms with Crippen molar-refractivity contribution in [3.8, 4) is 0 Å². The second-order valence-electron chi connectivity index (χ2n) is 5.73. The lowest BCUT2D eigenvalue weighted by atomic mass is 9.93. The van der Waals surface area contributed by atoms with Crippen LogP contribution in [-0.4, -0.2) is 0 Å². The van der Waals surface area contributed by atoms with Crippen LogP contribution >= 0.6 is 0 Å². The predicted molar refractivity (Wildman–Crippen MR) is 89.2 cm³/mol. The third-order valence-electron chi connectivity index (χ3n) is 3.28. The summed E-state index contributed by atoms with van der Waals surface area (Å²) in [7, 11) is 0. The molecule has 0 saturated heterocycles. The van der Waals surface area contributed by atoms with Gasteiger partial charge in [0.05, 0.1) is 0 Å². The van der Waals surface area contributed by atoms with E-state index in [-0.39, 0.29) is 0 Å². The number of hydrogen-bond acceptors (Lipinski definition) is 0. The fraction of sp³-hybridized carbons (Fsp3) is 0.368. The summed E-state index contributed by atoms with van der Waals surface area (Å²) >= 11 is 0. The largest absolute Gasteiger partial charge is 0.204 e. The summed E-state index contributed by atoms with van der Waals surface area (Å²) in [5.74, 6) is -1.10. The maximum atomic E-state index is 13.1. The first-order chi connectivity index (χ1) is 9.65. The number of allylic oxidation sites excluding steroid dienone is 8. The molecule has 0 aromatic rings. The zero-order chi connectivity index (χ0) is 16.6. The molecule has 21 heavy (non-hydrogen) atoms. The van der Waals surface area contributed by atoms with E-state index in [1.54, 1.807) is 6.08 Å². The Balaban J connectivity index is 4.56. The maximum absolute atomic E-state index is 13.1. The minimum absolute atomic E-state index is 0.310. The first kappa shape index (κ1) is 19.3. The molecular weight excluding hydrogens is 266 g/mol. The first-order valence-corrected chi connectivity index (χ1v) is 7.12. The van der Waals surface area contributed by atoms with Crippen LogP contribution in [-0.2, 0) is 0 Å². The molecule has 0 aromatic heterocycles. The predicted octanol–water partition coefficient (Wildman–Crippen LogP) is 6.62. The summed E-state index contributed by atoms with van der Waals surface area (Å²) in [4.78, 5) is 0. The highest BCUT2D eigenvalue weighted by atomic mass is 19.2. The Morgan fingerprint density at radius 3 is 1.95 bits per heavy atom. The topological polar surface area (TPSA) is 0 Å². The van der Waals surface area contributed by atoms with Crippen molar-refractivity contribution in [3.05, 3.63) is 72.9 Å². The molecule has 0 nitrogen and oxygen atoms in total. The second kappa shape index (κ2) is 9.28. The van der Waals surface area contributed by atoms with Gasteiger partial charge in [0.15, 0.2) is 11.7 Å². The average Bonchev–Trinajstić information content (AvgIpc) is 2.40. The van der Waals surface area contributed by atoms with Crippen LogP contribution in [0.25, 0.3) is 0 Å². The van der Waals surface area contributed by atoms with E-state index in [4.69, 9.17) is 0 Å². The van der Waals surface area contributed by atoms with Gasteiger partial charge in [0.25, 0.3) is 0 Å². The molecule has 0 N–H and O–H groups in total. The Morgan fingerprint density at radius 2 is 1.48 bits per heavy atom. The van der Waals surface area contributed by atoms with E-state index in [0.717, 1.165) is 24.5 Å². The van der Waals surface area contributed by atoms with Crippen LogP contribution in [0.15, 0.2) is 72.9 Å². The van der Waals surface area contributed by atoms with Gasteiger partial charge in [-0.2, -0.15) is 0 Å². The quantitative estimate of drug-likeness (QED) is 0.419. The van der Waals surface area contributed by atoms with Gasteiger partial charge in [-0.25, -0.2) is 8.78 Å². The molecule has 0 bridgehead atoms. The Hall–Kier alpha value is -1.70. The molecule has 0 aromatic carbocycles. The molecule has 1 atom stereocenters. The van der Waals surface area contributed by atoms with Gasteiger partial charge in [0, 0.05) is 0 Å². The van der Waals surface area contributed by atoms with E-state index in [2.05, 4.69) is 47.1 Å². The molecule has 0 fully saturated rings. The van der Waals surface area contributed by atoms with Crippen molar-refractivity contribution in [3.63, 3.8) is 0 Å². The Labute approximate surface area is 128 Å². The zero-order valence-corrected chi connectivity index (χ0v) is 13.4. The van der Waals surface area contributed by atoms with Gasteiger partial charge in [-0.1, -0.05) is 71.2 Å². The lowest BCUT2D eigenvalue weighted by molar-refractivity contribution is 0.494. The Kier molecular flexibility index (Phi) is 8.52. The number of hydrogen-bond donors (Lipinski definition) is 0. The molecule has 0 radical (unpaired) electrons. The van der Waals surface area contributed by atoms with Gasteiger partial charge < -0.3 is 0 Å². The Bertz CT molecular complexity index is 476. The zero-order valence-electron chi connectivity index (χ0n) is 13.4. The highest BCUT2D eigenvalue weighted by molar-refractivity contribution is 5.46. The molecule has 0 aliphatic heterocycles. The number of rotatable bonds is 9. The van der Waals surface area contributed by atoms with Crippen LogP contribution in [0.1, 0.15) is 33.6 Å². The highest BCUT2D eigenvalue weighted by Gasteiger charge is 2.06. The summed E-state index contributed by atoms with van der Waals surface area (Å²) in [5, 5.41) is 0. The fourth-order valence-corrected chi connectivity index (χ4v) is 1.57. The Morgan fingerprint density at radius 1 is 0.905 bits per heavy atom. The lowest BCUT2D eigenvalue weighted by Crippen LogP contribution is -1.99. The normalized spacial score (nSPS) is 13.5. The van der Waals surface area contributed by atoms with Crippen molar-refractivity contribution >= 4 is 0 Å². The smallest absolute Gasteiger partial charge is 0.158 e. The monoisotopic (exact) mass is 292 g/mol. The SMILES string of the molecule is C=C(/C=C\C(=C)C(C)CCC(C)C)C(=C)/C=C(/F)C(=C)F.